The Balaban J connectivity index is 2.29. The van der Waals surface area contributed by atoms with E-state index in [2.05, 4.69) is 17.3 Å². The van der Waals surface area contributed by atoms with E-state index in [-0.39, 0.29) is 0 Å². The van der Waals surface area contributed by atoms with E-state index >= 15 is 0 Å². The van der Waals surface area contributed by atoms with Crippen molar-refractivity contribution in [3.63, 3.8) is 0 Å². The van der Waals surface area contributed by atoms with Crippen molar-refractivity contribution in [1.82, 2.24) is 15.1 Å². The second kappa shape index (κ2) is 10.2. The van der Waals surface area contributed by atoms with E-state index in [0.717, 1.165) is 22.8 Å². The van der Waals surface area contributed by atoms with Crippen molar-refractivity contribution in [2.75, 3.05) is 7.05 Å². The van der Waals surface area contributed by atoms with Crippen LogP contribution in [-0.4, -0.2) is 22.9 Å². The smallest absolute Gasteiger partial charge is 0.0847 e. The average Bonchev–Trinajstić information content (AvgIpc) is 2.71. The Morgan fingerprint density at radius 3 is 2.29 bits per heavy atom. The maximum Gasteiger partial charge on any atom is 0.0847 e. The number of halogens is 1. The molecule has 1 unspecified atom stereocenters. The Bertz CT molecular complexity index is 401. The van der Waals surface area contributed by atoms with Crippen LogP contribution < -0.4 is 5.32 Å². The molecule has 122 valence electrons. The first-order valence-electron chi connectivity index (χ1n) is 8.45. The number of aromatic nitrogens is 2. The van der Waals surface area contributed by atoms with Crippen molar-refractivity contribution >= 4 is 11.6 Å². The van der Waals surface area contributed by atoms with Gasteiger partial charge in [-0.1, -0.05) is 63.5 Å². The van der Waals surface area contributed by atoms with Gasteiger partial charge in [0.1, 0.15) is 0 Å². The van der Waals surface area contributed by atoms with E-state index in [1.54, 1.807) is 0 Å². The normalized spacial score (nSPS) is 12.8. The molecule has 0 bridgehead atoms. The second-order valence-electron chi connectivity index (χ2n) is 6.07. The molecule has 0 saturated carbocycles. The predicted octanol–water partition coefficient (Wildman–Crippen LogP) is 4.65. The molecular formula is C17H32ClN3. The van der Waals surface area contributed by atoms with Crippen LogP contribution in [0.4, 0.5) is 0 Å². The summed E-state index contributed by atoms with van der Waals surface area (Å²) < 4.78 is 1.92. The van der Waals surface area contributed by atoms with Crippen molar-refractivity contribution in [2.45, 2.75) is 77.7 Å². The number of aryl methyl sites for hydroxylation is 2. The first-order chi connectivity index (χ1) is 10.1. The van der Waals surface area contributed by atoms with Crippen LogP contribution in [0.5, 0.6) is 0 Å². The van der Waals surface area contributed by atoms with Crippen molar-refractivity contribution in [2.24, 2.45) is 7.05 Å². The lowest BCUT2D eigenvalue weighted by atomic mass is 10.0. The Kier molecular flexibility index (Phi) is 9.02. The SMILES string of the molecule is CCCCCCCCCC(Cc1c(Cl)c(C)nn1C)NC. The Morgan fingerprint density at radius 2 is 1.76 bits per heavy atom. The quantitative estimate of drug-likeness (QED) is 0.602. The minimum absolute atomic E-state index is 0.493. The van der Waals surface area contributed by atoms with Crippen molar-refractivity contribution in [3.05, 3.63) is 16.4 Å². The van der Waals surface area contributed by atoms with Gasteiger partial charge in [-0.2, -0.15) is 5.10 Å². The topological polar surface area (TPSA) is 29.9 Å². The standard InChI is InChI=1S/C17H32ClN3/c1-5-6-7-8-9-10-11-12-15(19-3)13-16-17(18)14(2)20-21(16)4/h15,19H,5-13H2,1-4H3. The fraction of sp³-hybridized carbons (Fsp3) is 0.824. The second-order valence-corrected chi connectivity index (χ2v) is 6.45. The molecule has 1 heterocycles. The summed E-state index contributed by atoms with van der Waals surface area (Å²) in [4.78, 5) is 0. The third-order valence-electron chi connectivity index (χ3n) is 4.27. The van der Waals surface area contributed by atoms with Gasteiger partial charge in [-0.15, -0.1) is 0 Å². The number of hydrogen-bond donors (Lipinski definition) is 1. The number of unbranched alkanes of at least 4 members (excludes halogenated alkanes) is 6. The summed E-state index contributed by atoms with van der Waals surface area (Å²) in [5.74, 6) is 0. The van der Waals surface area contributed by atoms with E-state index in [4.69, 9.17) is 11.6 Å². The fourth-order valence-electron chi connectivity index (χ4n) is 2.83. The molecule has 1 aromatic heterocycles. The highest BCUT2D eigenvalue weighted by Gasteiger charge is 2.15. The number of nitrogens with zero attached hydrogens (tertiary/aromatic N) is 2. The number of rotatable bonds is 11. The summed E-state index contributed by atoms with van der Waals surface area (Å²) in [6.07, 6.45) is 11.7. The molecule has 0 aliphatic rings. The zero-order valence-corrected chi connectivity index (χ0v) is 15.0. The zero-order valence-electron chi connectivity index (χ0n) is 14.2. The Labute approximate surface area is 135 Å². The van der Waals surface area contributed by atoms with Crippen LogP contribution in [0.3, 0.4) is 0 Å². The maximum atomic E-state index is 6.34. The summed E-state index contributed by atoms with van der Waals surface area (Å²) in [7, 11) is 4.03. The van der Waals surface area contributed by atoms with Gasteiger partial charge < -0.3 is 5.32 Å². The maximum absolute atomic E-state index is 6.34. The van der Waals surface area contributed by atoms with Gasteiger partial charge in [0.05, 0.1) is 16.4 Å². The monoisotopic (exact) mass is 313 g/mol. The molecule has 0 aliphatic carbocycles. The van der Waals surface area contributed by atoms with Crippen LogP contribution in [0.15, 0.2) is 0 Å². The lowest BCUT2D eigenvalue weighted by Gasteiger charge is -2.16. The van der Waals surface area contributed by atoms with Gasteiger partial charge in [0, 0.05) is 19.5 Å². The highest BCUT2D eigenvalue weighted by molar-refractivity contribution is 6.31. The molecule has 0 aliphatic heterocycles. The van der Waals surface area contributed by atoms with E-state index in [9.17, 15) is 0 Å². The summed E-state index contributed by atoms with van der Waals surface area (Å²) >= 11 is 6.34. The van der Waals surface area contributed by atoms with Crippen LogP contribution in [0.25, 0.3) is 0 Å². The van der Waals surface area contributed by atoms with Gasteiger partial charge >= 0.3 is 0 Å². The molecule has 21 heavy (non-hydrogen) atoms. The van der Waals surface area contributed by atoms with Gasteiger partial charge in [-0.25, -0.2) is 0 Å². The first kappa shape index (κ1) is 18.5. The molecule has 3 nitrogen and oxygen atoms in total. The minimum atomic E-state index is 0.493. The lowest BCUT2D eigenvalue weighted by Crippen LogP contribution is -2.28. The van der Waals surface area contributed by atoms with Crippen molar-refractivity contribution in [3.8, 4) is 0 Å². The molecule has 1 rings (SSSR count). The third kappa shape index (κ3) is 6.39. The fourth-order valence-corrected chi connectivity index (χ4v) is 3.07. The zero-order chi connectivity index (χ0) is 15.7. The van der Waals surface area contributed by atoms with Crippen LogP contribution in [0, 0.1) is 6.92 Å². The molecule has 0 aromatic carbocycles. The molecule has 0 spiro atoms. The predicted molar refractivity (Wildman–Crippen MR) is 92.1 cm³/mol. The Morgan fingerprint density at radius 1 is 1.14 bits per heavy atom. The summed E-state index contributed by atoms with van der Waals surface area (Å²) in [5, 5.41) is 8.65. The minimum Gasteiger partial charge on any atom is -0.317 e. The van der Waals surface area contributed by atoms with E-state index in [1.807, 2.05) is 25.7 Å². The van der Waals surface area contributed by atoms with Crippen LogP contribution in [0.2, 0.25) is 5.02 Å². The molecule has 1 N–H and O–H groups in total. The summed E-state index contributed by atoms with van der Waals surface area (Å²) in [5.41, 5.74) is 2.08. The van der Waals surface area contributed by atoms with Gasteiger partial charge in [-0.05, 0) is 20.4 Å². The lowest BCUT2D eigenvalue weighted by molar-refractivity contribution is 0.468. The van der Waals surface area contributed by atoms with Crippen LogP contribution >= 0.6 is 11.6 Å². The summed E-state index contributed by atoms with van der Waals surface area (Å²) in [6.45, 7) is 4.24. The van der Waals surface area contributed by atoms with Gasteiger partial charge in [0.25, 0.3) is 0 Å². The Hall–Kier alpha value is -0.540. The van der Waals surface area contributed by atoms with Crippen molar-refractivity contribution in [1.29, 1.82) is 0 Å². The van der Waals surface area contributed by atoms with Crippen molar-refractivity contribution < 1.29 is 0 Å². The molecule has 1 aromatic rings. The molecule has 0 saturated heterocycles. The van der Waals surface area contributed by atoms with Crippen LogP contribution in [0.1, 0.15) is 69.7 Å². The van der Waals surface area contributed by atoms with E-state index < -0.39 is 0 Å². The van der Waals surface area contributed by atoms with E-state index in [1.165, 1.54) is 51.4 Å². The average molecular weight is 314 g/mol. The molecule has 4 heteroatoms. The van der Waals surface area contributed by atoms with Gasteiger partial charge in [-0.3, -0.25) is 4.68 Å². The molecule has 0 amide bonds. The number of hydrogen-bond acceptors (Lipinski definition) is 2. The third-order valence-corrected chi connectivity index (χ3v) is 4.76. The van der Waals surface area contributed by atoms with Crippen LogP contribution in [-0.2, 0) is 13.5 Å². The molecule has 1 atom stereocenters. The largest absolute Gasteiger partial charge is 0.317 e. The highest BCUT2D eigenvalue weighted by atomic mass is 35.5. The number of likely N-dealkylation sites (N-methyl/N-ethyl adjacent to an activating group) is 1. The van der Waals surface area contributed by atoms with E-state index in [0.29, 0.717) is 6.04 Å². The number of nitrogens with one attached hydrogen (secondary N) is 1. The first-order valence-corrected chi connectivity index (χ1v) is 8.83. The molecule has 0 radical (unpaired) electrons. The highest BCUT2D eigenvalue weighted by Crippen LogP contribution is 2.22. The molecule has 0 fully saturated rings. The van der Waals surface area contributed by atoms with Gasteiger partial charge in [0.15, 0.2) is 0 Å². The van der Waals surface area contributed by atoms with Gasteiger partial charge in [0.2, 0.25) is 0 Å². The molecular weight excluding hydrogens is 282 g/mol. The summed E-state index contributed by atoms with van der Waals surface area (Å²) in [6, 6.07) is 0.493.